The van der Waals surface area contributed by atoms with E-state index >= 15 is 0 Å². The Morgan fingerprint density at radius 1 is 1.14 bits per heavy atom. The molecule has 0 aliphatic rings. The second-order valence-corrected chi connectivity index (χ2v) is 3.35. The Morgan fingerprint density at radius 2 is 1.64 bits per heavy atom. The first kappa shape index (κ1) is 10.7. The molecule has 0 unspecified atom stereocenters. The smallest absolute Gasteiger partial charge is 0.126 e. The highest BCUT2D eigenvalue weighted by molar-refractivity contribution is 5.48. The molecule has 0 radical (unpaired) electrons. The SMILES string of the molecule is C[C@@H](O)CCc1c(O)cc(O)cc1O. The van der Waals surface area contributed by atoms with Crippen molar-refractivity contribution in [2.24, 2.45) is 0 Å². The van der Waals surface area contributed by atoms with Crippen molar-refractivity contribution < 1.29 is 20.4 Å². The van der Waals surface area contributed by atoms with Crippen LogP contribution in [0.4, 0.5) is 0 Å². The number of phenols is 3. The fourth-order valence-electron chi connectivity index (χ4n) is 1.24. The Morgan fingerprint density at radius 3 is 2.07 bits per heavy atom. The van der Waals surface area contributed by atoms with Crippen molar-refractivity contribution in [3.05, 3.63) is 17.7 Å². The molecule has 0 spiro atoms. The molecular formula is C10H14O4. The number of phenolic OH excluding ortho intramolecular Hbond substituents is 3. The third-order valence-electron chi connectivity index (χ3n) is 2.00. The molecule has 4 nitrogen and oxygen atoms in total. The van der Waals surface area contributed by atoms with Crippen LogP contribution in [0, 0.1) is 0 Å². The molecule has 1 atom stereocenters. The maximum atomic E-state index is 9.38. The van der Waals surface area contributed by atoms with Gasteiger partial charge in [-0.15, -0.1) is 0 Å². The molecular weight excluding hydrogens is 184 g/mol. The molecule has 0 saturated carbocycles. The van der Waals surface area contributed by atoms with E-state index in [1.807, 2.05) is 0 Å². The molecule has 0 fully saturated rings. The number of benzene rings is 1. The van der Waals surface area contributed by atoms with Gasteiger partial charge in [0.05, 0.1) is 6.10 Å². The number of aromatic hydroxyl groups is 3. The van der Waals surface area contributed by atoms with E-state index in [1.54, 1.807) is 6.92 Å². The van der Waals surface area contributed by atoms with Crippen LogP contribution in [0.2, 0.25) is 0 Å². The van der Waals surface area contributed by atoms with E-state index in [1.165, 1.54) is 0 Å². The summed E-state index contributed by atoms with van der Waals surface area (Å²) >= 11 is 0. The van der Waals surface area contributed by atoms with Gasteiger partial charge in [-0.25, -0.2) is 0 Å². The molecule has 1 aromatic carbocycles. The van der Waals surface area contributed by atoms with Gasteiger partial charge < -0.3 is 20.4 Å². The quantitative estimate of drug-likeness (QED) is 0.586. The molecule has 0 heterocycles. The van der Waals surface area contributed by atoms with E-state index in [0.717, 1.165) is 12.1 Å². The average Bonchev–Trinajstić information content (AvgIpc) is 2.01. The minimum absolute atomic E-state index is 0.150. The lowest BCUT2D eigenvalue weighted by Gasteiger charge is -2.08. The Bertz CT molecular complexity index is 297. The molecule has 14 heavy (non-hydrogen) atoms. The summed E-state index contributed by atoms with van der Waals surface area (Å²) in [5.41, 5.74) is 0.351. The number of aliphatic hydroxyl groups is 1. The van der Waals surface area contributed by atoms with Gasteiger partial charge in [0, 0.05) is 17.7 Å². The molecule has 0 aliphatic carbocycles. The van der Waals surface area contributed by atoms with E-state index in [4.69, 9.17) is 10.2 Å². The summed E-state index contributed by atoms with van der Waals surface area (Å²) in [7, 11) is 0. The number of aliphatic hydroxyl groups excluding tert-OH is 1. The van der Waals surface area contributed by atoms with Crippen LogP contribution >= 0.6 is 0 Å². The van der Waals surface area contributed by atoms with E-state index in [0.29, 0.717) is 18.4 Å². The summed E-state index contributed by atoms with van der Waals surface area (Å²) in [5.74, 6) is -0.480. The second kappa shape index (κ2) is 4.19. The first-order chi connectivity index (χ1) is 6.50. The Hall–Kier alpha value is -1.42. The summed E-state index contributed by atoms with van der Waals surface area (Å²) < 4.78 is 0. The molecule has 0 saturated heterocycles. The Balaban J connectivity index is 2.86. The molecule has 4 heteroatoms. The molecule has 0 amide bonds. The summed E-state index contributed by atoms with van der Waals surface area (Å²) in [6.07, 6.45) is 0.337. The highest BCUT2D eigenvalue weighted by atomic mass is 16.3. The molecule has 0 bridgehead atoms. The van der Waals surface area contributed by atoms with Gasteiger partial charge in [0.15, 0.2) is 0 Å². The number of hydrogen-bond donors (Lipinski definition) is 4. The zero-order chi connectivity index (χ0) is 10.7. The van der Waals surface area contributed by atoms with Crippen molar-refractivity contribution in [1.82, 2.24) is 0 Å². The van der Waals surface area contributed by atoms with Crippen LogP contribution in [0.5, 0.6) is 17.2 Å². The van der Waals surface area contributed by atoms with Crippen molar-refractivity contribution in [3.8, 4) is 17.2 Å². The van der Waals surface area contributed by atoms with Crippen molar-refractivity contribution in [1.29, 1.82) is 0 Å². The topological polar surface area (TPSA) is 80.9 Å². The largest absolute Gasteiger partial charge is 0.508 e. The molecule has 1 rings (SSSR count). The minimum atomic E-state index is -0.484. The number of rotatable bonds is 3. The number of hydrogen-bond acceptors (Lipinski definition) is 4. The van der Waals surface area contributed by atoms with Gasteiger partial charge in [0.2, 0.25) is 0 Å². The van der Waals surface area contributed by atoms with Crippen molar-refractivity contribution in [2.45, 2.75) is 25.9 Å². The minimum Gasteiger partial charge on any atom is -0.508 e. The first-order valence-corrected chi connectivity index (χ1v) is 4.42. The maximum absolute atomic E-state index is 9.38. The zero-order valence-corrected chi connectivity index (χ0v) is 7.94. The Kier molecular flexibility index (Phi) is 3.19. The van der Waals surface area contributed by atoms with Crippen LogP contribution in [0.15, 0.2) is 12.1 Å². The fourth-order valence-corrected chi connectivity index (χ4v) is 1.24. The predicted octanol–water partition coefficient (Wildman–Crippen LogP) is 1.12. The van der Waals surface area contributed by atoms with E-state index in [9.17, 15) is 10.2 Å². The van der Waals surface area contributed by atoms with Gasteiger partial charge in [-0.2, -0.15) is 0 Å². The second-order valence-electron chi connectivity index (χ2n) is 3.35. The zero-order valence-electron chi connectivity index (χ0n) is 7.94. The van der Waals surface area contributed by atoms with Crippen molar-refractivity contribution in [2.75, 3.05) is 0 Å². The average molecular weight is 198 g/mol. The normalized spacial score (nSPS) is 12.7. The van der Waals surface area contributed by atoms with E-state index in [2.05, 4.69) is 0 Å². The Labute approximate surface area is 82.1 Å². The lowest BCUT2D eigenvalue weighted by molar-refractivity contribution is 0.184. The van der Waals surface area contributed by atoms with Gasteiger partial charge >= 0.3 is 0 Å². The fraction of sp³-hybridized carbons (Fsp3) is 0.400. The first-order valence-electron chi connectivity index (χ1n) is 4.42. The lowest BCUT2D eigenvalue weighted by Crippen LogP contribution is -2.01. The van der Waals surface area contributed by atoms with Crippen LogP contribution in [-0.4, -0.2) is 26.5 Å². The van der Waals surface area contributed by atoms with Crippen LogP contribution in [-0.2, 0) is 6.42 Å². The molecule has 0 aliphatic heterocycles. The summed E-state index contributed by atoms with van der Waals surface area (Å²) in [6, 6.07) is 2.33. The molecule has 0 aromatic heterocycles. The standard InChI is InChI=1S/C10H14O4/c1-6(11)2-3-8-9(13)4-7(12)5-10(8)14/h4-6,11-14H,2-3H2,1H3/t6-/m1/s1. The molecule has 78 valence electrons. The lowest BCUT2D eigenvalue weighted by atomic mass is 10.0. The summed E-state index contributed by atoms with van der Waals surface area (Å²) in [4.78, 5) is 0. The highest BCUT2D eigenvalue weighted by Gasteiger charge is 2.10. The monoisotopic (exact) mass is 198 g/mol. The van der Waals surface area contributed by atoms with Gasteiger partial charge in [0.25, 0.3) is 0 Å². The van der Waals surface area contributed by atoms with Gasteiger partial charge in [0.1, 0.15) is 17.2 Å². The predicted molar refractivity (Wildman–Crippen MR) is 51.4 cm³/mol. The van der Waals surface area contributed by atoms with E-state index < -0.39 is 6.10 Å². The van der Waals surface area contributed by atoms with Crippen LogP contribution in [0.1, 0.15) is 18.9 Å². The van der Waals surface area contributed by atoms with Crippen LogP contribution < -0.4 is 0 Å². The van der Waals surface area contributed by atoms with Crippen molar-refractivity contribution >= 4 is 0 Å². The van der Waals surface area contributed by atoms with E-state index in [-0.39, 0.29) is 17.2 Å². The van der Waals surface area contributed by atoms with Gasteiger partial charge in [-0.3, -0.25) is 0 Å². The van der Waals surface area contributed by atoms with Crippen molar-refractivity contribution in [3.63, 3.8) is 0 Å². The molecule has 1 aromatic rings. The van der Waals surface area contributed by atoms with Gasteiger partial charge in [-0.05, 0) is 19.8 Å². The summed E-state index contributed by atoms with van der Waals surface area (Å²) in [5, 5.41) is 36.8. The molecule has 4 N–H and O–H groups in total. The third-order valence-corrected chi connectivity index (χ3v) is 2.00. The third kappa shape index (κ3) is 2.53. The van der Waals surface area contributed by atoms with Gasteiger partial charge in [-0.1, -0.05) is 0 Å². The summed E-state index contributed by atoms with van der Waals surface area (Å²) in [6.45, 7) is 1.63. The van der Waals surface area contributed by atoms with Crippen LogP contribution in [0.25, 0.3) is 0 Å². The van der Waals surface area contributed by atoms with Crippen LogP contribution in [0.3, 0.4) is 0 Å². The maximum Gasteiger partial charge on any atom is 0.126 e. The highest BCUT2D eigenvalue weighted by Crippen LogP contribution is 2.32.